The molecule has 33 heavy (non-hydrogen) atoms. The Morgan fingerprint density at radius 3 is 2.64 bits per heavy atom. The molecule has 1 saturated heterocycles. The molecule has 7 nitrogen and oxygen atoms in total. The van der Waals surface area contributed by atoms with Gasteiger partial charge in [-0.2, -0.15) is 0 Å². The fraction of sp³-hybridized carbons (Fsp3) is 0.333. The predicted molar refractivity (Wildman–Crippen MR) is 130 cm³/mol. The van der Waals surface area contributed by atoms with Gasteiger partial charge in [0.1, 0.15) is 0 Å². The molecule has 2 atom stereocenters. The van der Waals surface area contributed by atoms with E-state index in [0.29, 0.717) is 27.7 Å². The van der Waals surface area contributed by atoms with Crippen LogP contribution in [0.15, 0.2) is 51.9 Å². The fourth-order valence-electron chi connectivity index (χ4n) is 3.93. The number of hydrogen-bond donors (Lipinski definition) is 1. The van der Waals surface area contributed by atoms with Crippen LogP contribution >= 0.6 is 23.1 Å². The summed E-state index contributed by atoms with van der Waals surface area (Å²) in [5.41, 5.74) is 1.45. The molecule has 0 bridgehead atoms. The first kappa shape index (κ1) is 23.3. The Labute approximate surface area is 201 Å². The Morgan fingerprint density at radius 2 is 2.00 bits per heavy atom. The first-order chi connectivity index (χ1) is 15.8. The summed E-state index contributed by atoms with van der Waals surface area (Å²) in [4.78, 5) is 29.7. The van der Waals surface area contributed by atoms with Gasteiger partial charge in [-0.3, -0.25) is 9.69 Å². The second kappa shape index (κ2) is 9.52. The quantitative estimate of drug-likeness (QED) is 0.475. The highest BCUT2D eigenvalue weighted by molar-refractivity contribution is 8.05. The molecule has 0 aliphatic carbocycles. The van der Waals surface area contributed by atoms with Gasteiger partial charge in [-0.1, -0.05) is 23.9 Å². The van der Waals surface area contributed by atoms with Gasteiger partial charge in [0.05, 0.1) is 36.8 Å². The molecule has 2 aromatic rings. The monoisotopic (exact) mass is 486 g/mol. The maximum Gasteiger partial charge on any atom is 0.337 e. The molecule has 2 aliphatic heterocycles. The Hall–Kier alpha value is -2.91. The minimum absolute atomic E-state index is 0.0257. The van der Waals surface area contributed by atoms with Crippen LogP contribution in [0.5, 0.6) is 11.5 Å². The van der Waals surface area contributed by atoms with Crippen LogP contribution in [0.1, 0.15) is 37.3 Å². The highest BCUT2D eigenvalue weighted by Crippen LogP contribution is 2.47. The van der Waals surface area contributed by atoms with E-state index in [4.69, 9.17) is 14.2 Å². The molecule has 1 amide bonds. The number of methoxy groups -OCH3 is 2. The molecular formula is C24H26N2O5S2. The summed E-state index contributed by atoms with van der Waals surface area (Å²) in [6.07, 6.45) is 1.87. The summed E-state index contributed by atoms with van der Waals surface area (Å²) in [5.74, 6) is 0.499. The summed E-state index contributed by atoms with van der Waals surface area (Å²) in [6.45, 7) is 5.71. The summed E-state index contributed by atoms with van der Waals surface area (Å²) < 4.78 is 16.5. The van der Waals surface area contributed by atoms with E-state index in [1.54, 1.807) is 23.3 Å². The molecule has 3 heterocycles. The van der Waals surface area contributed by atoms with E-state index < -0.39 is 12.0 Å². The zero-order chi connectivity index (χ0) is 23.7. The van der Waals surface area contributed by atoms with Crippen LogP contribution in [0.4, 0.5) is 0 Å². The average molecular weight is 487 g/mol. The average Bonchev–Trinajstić information content (AvgIpc) is 3.40. The number of carbonyl (C=O) groups is 2. The van der Waals surface area contributed by atoms with Crippen molar-refractivity contribution in [3.8, 4) is 11.5 Å². The molecule has 9 heteroatoms. The van der Waals surface area contributed by atoms with Gasteiger partial charge in [0.25, 0.3) is 5.91 Å². The lowest BCUT2D eigenvalue weighted by Crippen LogP contribution is -2.49. The molecule has 1 aromatic heterocycles. The molecule has 0 radical (unpaired) electrons. The Balaban J connectivity index is 1.80. The molecule has 174 valence electrons. The third kappa shape index (κ3) is 4.47. The van der Waals surface area contributed by atoms with Crippen LogP contribution in [0.2, 0.25) is 0 Å². The number of hydrogen-bond acceptors (Lipinski definition) is 8. The zero-order valence-corrected chi connectivity index (χ0v) is 20.7. The molecule has 2 aliphatic rings. The smallest absolute Gasteiger partial charge is 0.337 e. The lowest BCUT2D eigenvalue weighted by atomic mass is 9.93. The first-order valence-electron chi connectivity index (χ1n) is 10.5. The number of benzene rings is 1. The highest BCUT2D eigenvalue weighted by atomic mass is 32.2. The van der Waals surface area contributed by atoms with Gasteiger partial charge >= 0.3 is 5.97 Å². The number of amides is 1. The van der Waals surface area contributed by atoms with Crippen molar-refractivity contribution in [3.63, 3.8) is 0 Å². The molecule has 1 fully saturated rings. The SMILES string of the molecule is COC(=O)C1=C(C)N[C@H]2S/C(=C/c3cccs3)C(=O)N2[C@H]1c1ccc(OC(C)C)c(OC)c1. The number of ether oxygens (including phenoxy) is 3. The molecule has 0 unspecified atom stereocenters. The van der Waals surface area contributed by atoms with E-state index in [9.17, 15) is 9.59 Å². The van der Waals surface area contributed by atoms with Crippen molar-refractivity contribution in [1.29, 1.82) is 0 Å². The van der Waals surface area contributed by atoms with Crippen LogP contribution in [0, 0.1) is 0 Å². The molecular weight excluding hydrogens is 460 g/mol. The number of thiophene rings is 1. The van der Waals surface area contributed by atoms with Crippen molar-refractivity contribution >= 4 is 41.1 Å². The predicted octanol–water partition coefficient (Wildman–Crippen LogP) is 4.54. The standard InChI is InChI=1S/C24H26N2O5S2/c1-13(2)31-17-9-8-15(11-18(17)29-4)21-20(23(28)30-5)14(3)25-24-26(21)22(27)19(33-24)12-16-7-6-10-32-16/h6-13,21,24-25H,1-5H3/b19-12+/t21-,24+/m0/s1. The summed E-state index contributed by atoms with van der Waals surface area (Å²) in [7, 11) is 2.91. The van der Waals surface area contributed by atoms with Crippen molar-refractivity contribution in [2.24, 2.45) is 0 Å². The van der Waals surface area contributed by atoms with Crippen LogP contribution in [-0.4, -0.2) is 42.6 Å². The first-order valence-corrected chi connectivity index (χ1v) is 12.2. The normalized spacial score (nSPS) is 21.3. The van der Waals surface area contributed by atoms with Crippen LogP contribution in [-0.2, 0) is 14.3 Å². The van der Waals surface area contributed by atoms with Crippen LogP contribution < -0.4 is 14.8 Å². The van der Waals surface area contributed by atoms with E-state index in [1.807, 2.05) is 62.6 Å². The molecule has 4 rings (SSSR count). The van der Waals surface area contributed by atoms with Crippen molar-refractivity contribution < 1.29 is 23.8 Å². The molecule has 1 N–H and O–H groups in total. The van der Waals surface area contributed by atoms with Crippen molar-refractivity contribution in [2.45, 2.75) is 38.4 Å². The minimum atomic E-state index is -0.639. The van der Waals surface area contributed by atoms with Gasteiger partial charge in [-0.15, -0.1) is 11.3 Å². The van der Waals surface area contributed by atoms with Crippen LogP contribution in [0.3, 0.4) is 0 Å². The van der Waals surface area contributed by atoms with Gasteiger partial charge < -0.3 is 19.5 Å². The third-order valence-corrected chi connectivity index (χ3v) is 7.25. The summed E-state index contributed by atoms with van der Waals surface area (Å²) in [6, 6.07) is 8.77. The number of esters is 1. The van der Waals surface area contributed by atoms with Gasteiger partial charge in [0.2, 0.25) is 0 Å². The number of thioether (sulfide) groups is 1. The van der Waals surface area contributed by atoms with Crippen LogP contribution in [0.25, 0.3) is 6.08 Å². The van der Waals surface area contributed by atoms with E-state index in [0.717, 1.165) is 10.4 Å². The fourth-order valence-corrected chi connectivity index (χ4v) is 5.87. The summed E-state index contributed by atoms with van der Waals surface area (Å²) in [5, 5.41) is 5.27. The molecule has 0 spiro atoms. The van der Waals surface area contributed by atoms with Crippen molar-refractivity contribution in [2.75, 3.05) is 14.2 Å². The third-order valence-electron chi connectivity index (χ3n) is 5.32. The van der Waals surface area contributed by atoms with Crippen molar-refractivity contribution in [3.05, 3.63) is 62.3 Å². The zero-order valence-electron chi connectivity index (χ0n) is 19.1. The van der Waals surface area contributed by atoms with E-state index >= 15 is 0 Å². The second-order valence-corrected chi connectivity index (χ2v) is 9.96. The van der Waals surface area contributed by atoms with Gasteiger partial charge in [-0.25, -0.2) is 4.79 Å². The molecule has 0 saturated carbocycles. The number of carbonyl (C=O) groups excluding carboxylic acids is 2. The van der Waals surface area contributed by atoms with E-state index in [1.165, 1.54) is 18.9 Å². The Bertz CT molecular complexity index is 1120. The van der Waals surface area contributed by atoms with Gasteiger partial charge in [0.15, 0.2) is 17.0 Å². The largest absolute Gasteiger partial charge is 0.493 e. The number of fused-ring (bicyclic) bond motifs is 1. The topological polar surface area (TPSA) is 77.1 Å². The Kier molecular flexibility index (Phi) is 6.71. The van der Waals surface area contributed by atoms with Gasteiger partial charge in [-0.05, 0) is 56.0 Å². The highest BCUT2D eigenvalue weighted by Gasteiger charge is 2.48. The lowest BCUT2D eigenvalue weighted by Gasteiger charge is -2.39. The number of rotatable bonds is 6. The minimum Gasteiger partial charge on any atom is -0.493 e. The number of allylic oxidation sites excluding steroid dienone is 1. The summed E-state index contributed by atoms with van der Waals surface area (Å²) >= 11 is 3.00. The maximum atomic E-state index is 13.6. The van der Waals surface area contributed by atoms with E-state index in [-0.39, 0.29) is 17.5 Å². The Morgan fingerprint density at radius 1 is 1.21 bits per heavy atom. The maximum absolute atomic E-state index is 13.6. The number of nitrogens with one attached hydrogen (secondary N) is 1. The molecule has 1 aromatic carbocycles. The number of nitrogens with zero attached hydrogens (tertiary/aromatic N) is 1. The van der Waals surface area contributed by atoms with E-state index in [2.05, 4.69) is 5.32 Å². The van der Waals surface area contributed by atoms with Gasteiger partial charge in [0, 0.05) is 10.6 Å². The van der Waals surface area contributed by atoms with Crippen molar-refractivity contribution in [1.82, 2.24) is 10.2 Å². The lowest BCUT2D eigenvalue weighted by molar-refractivity contribution is -0.138. The second-order valence-electron chi connectivity index (χ2n) is 7.86.